The topological polar surface area (TPSA) is 51.9 Å². The summed E-state index contributed by atoms with van der Waals surface area (Å²) in [5.41, 5.74) is 2.19. The molecule has 0 fully saturated rings. The van der Waals surface area contributed by atoms with Gasteiger partial charge in [0.05, 0.1) is 6.54 Å². The lowest BCUT2D eigenvalue weighted by atomic mass is 10.2. The first-order valence-corrected chi connectivity index (χ1v) is 5.56. The molecule has 90 valence electrons. The van der Waals surface area contributed by atoms with Crippen LogP contribution in [-0.4, -0.2) is 20.9 Å². The monoisotopic (exact) mass is 232 g/mol. The number of aryl methyl sites for hydroxylation is 2. The second kappa shape index (κ2) is 4.86. The Labute approximate surface area is 99.7 Å². The molecule has 0 unspecified atom stereocenters. The minimum absolute atomic E-state index is 0.0870. The molecule has 0 amide bonds. The van der Waals surface area contributed by atoms with Crippen LogP contribution in [0, 0.1) is 6.92 Å². The van der Waals surface area contributed by atoms with Crippen LogP contribution in [-0.2, 0) is 13.6 Å². The fraction of sp³-hybridized carbons (Fsp3) is 0.333. The fourth-order valence-corrected chi connectivity index (χ4v) is 1.64. The van der Waals surface area contributed by atoms with Gasteiger partial charge < -0.3 is 5.32 Å². The van der Waals surface area contributed by atoms with Gasteiger partial charge in [-0.3, -0.25) is 4.57 Å². The standard InChI is InChI=1S/C12H16N4O/c1-10-4-3-5-11(8-10)13-6-7-16-12(17)15(2)9-14-16/h3-5,8-9,13H,6-7H2,1-2H3. The van der Waals surface area contributed by atoms with Gasteiger partial charge in [0.15, 0.2) is 0 Å². The normalized spacial score (nSPS) is 10.5. The molecule has 5 heteroatoms. The number of hydrogen-bond donors (Lipinski definition) is 1. The number of hydrogen-bond acceptors (Lipinski definition) is 3. The molecule has 2 rings (SSSR count). The zero-order valence-corrected chi connectivity index (χ0v) is 10.1. The summed E-state index contributed by atoms with van der Waals surface area (Å²) in [4.78, 5) is 11.5. The van der Waals surface area contributed by atoms with Crippen molar-refractivity contribution in [2.75, 3.05) is 11.9 Å². The third kappa shape index (κ3) is 2.75. The average molecular weight is 232 g/mol. The Morgan fingerprint density at radius 2 is 2.24 bits per heavy atom. The van der Waals surface area contributed by atoms with Crippen molar-refractivity contribution in [3.8, 4) is 0 Å². The van der Waals surface area contributed by atoms with Crippen molar-refractivity contribution in [1.82, 2.24) is 14.3 Å². The summed E-state index contributed by atoms with van der Waals surface area (Å²) in [5.74, 6) is 0. The highest BCUT2D eigenvalue weighted by Gasteiger charge is 2.00. The van der Waals surface area contributed by atoms with Gasteiger partial charge in [-0.15, -0.1) is 0 Å². The van der Waals surface area contributed by atoms with E-state index < -0.39 is 0 Å². The highest BCUT2D eigenvalue weighted by molar-refractivity contribution is 5.45. The molecule has 5 nitrogen and oxygen atoms in total. The summed E-state index contributed by atoms with van der Waals surface area (Å²) in [7, 11) is 1.69. The summed E-state index contributed by atoms with van der Waals surface area (Å²) in [6.07, 6.45) is 1.52. The van der Waals surface area contributed by atoms with Crippen LogP contribution in [0.2, 0.25) is 0 Å². The largest absolute Gasteiger partial charge is 0.383 e. The van der Waals surface area contributed by atoms with E-state index in [1.807, 2.05) is 12.1 Å². The Hall–Kier alpha value is -2.04. The van der Waals surface area contributed by atoms with E-state index in [0.717, 1.165) is 5.69 Å². The maximum Gasteiger partial charge on any atom is 0.345 e. The number of nitrogens with one attached hydrogen (secondary N) is 1. The third-order valence-corrected chi connectivity index (χ3v) is 2.56. The first-order chi connectivity index (χ1) is 8.16. The molecule has 0 saturated heterocycles. The van der Waals surface area contributed by atoms with Crippen LogP contribution >= 0.6 is 0 Å². The van der Waals surface area contributed by atoms with Gasteiger partial charge in [-0.1, -0.05) is 12.1 Å². The minimum atomic E-state index is -0.0870. The molecule has 0 saturated carbocycles. The Kier molecular flexibility index (Phi) is 3.27. The Morgan fingerprint density at radius 3 is 2.88 bits per heavy atom. The van der Waals surface area contributed by atoms with Crippen LogP contribution in [0.1, 0.15) is 5.56 Å². The lowest BCUT2D eigenvalue weighted by Gasteiger charge is -2.06. The maximum absolute atomic E-state index is 11.5. The van der Waals surface area contributed by atoms with E-state index in [1.165, 1.54) is 21.1 Å². The predicted octanol–water partition coefficient (Wildman–Crippen LogP) is 1.00. The van der Waals surface area contributed by atoms with E-state index in [2.05, 4.69) is 29.5 Å². The zero-order chi connectivity index (χ0) is 12.3. The third-order valence-electron chi connectivity index (χ3n) is 2.56. The van der Waals surface area contributed by atoms with Gasteiger partial charge in [-0.05, 0) is 24.6 Å². The van der Waals surface area contributed by atoms with Crippen LogP contribution in [0.3, 0.4) is 0 Å². The Morgan fingerprint density at radius 1 is 1.41 bits per heavy atom. The summed E-state index contributed by atoms with van der Waals surface area (Å²) in [6, 6.07) is 8.13. The van der Waals surface area contributed by atoms with E-state index in [0.29, 0.717) is 13.1 Å². The second-order valence-electron chi connectivity index (χ2n) is 4.04. The number of anilines is 1. The number of benzene rings is 1. The highest BCUT2D eigenvalue weighted by atomic mass is 16.2. The summed E-state index contributed by atoms with van der Waals surface area (Å²) >= 11 is 0. The molecule has 0 atom stereocenters. The Balaban J connectivity index is 1.92. The summed E-state index contributed by atoms with van der Waals surface area (Å²) < 4.78 is 2.91. The predicted molar refractivity (Wildman–Crippen MR) is 67.1 cm³/mol. The van der Waals surface area contributed by atoms with Crippen molar-refractivity contribution in [2.24, 2.45) is 7.05 Å². The molecule has 2 aromatic rings. The molecular weight excluding hydrogens is 216 g/mol. The summed E-state index contributed by atoms with van der Waals surface area (Å²) in [6.45, 7) is 3.29. The van der Waals surface area contributed by atoms with Gasteiger partial charge in [0, 0.05) is 19.3 Å². The van der Waals surface area contributed by atoms with Crippen LogP contribution in [0.5, 0.6) is 0 Å². The van der Waals surface area contributed by atoms with Crippen LogP contribution < -0.4 is 11.0 Å². The lowest BCUT2D eigenvalue weighted by Crippen LogP contribution is -2.25. The van der Waals surface area contributed by atoms with Crippen LogP contribution in [0.25, 0.3) is 0 Å². The first kappa shape index (κ1) is 11.4. The molecule has 0 aliphatic carbocycles. The van der Waals surface area contributed by atoms with Crippen molar-refractivity contribution in [1.29, 1.82) is 0 Å². The van der Waals surface area contributed by atoms with Gasteiger partial charge in [0.1, 0.15) is 6.33 Å². The van der Waals surface area contributed by atoms with E-state index in [4.69, 9.17) is 0 Å². The van der Waals surface area contributed by atoms with Crippen LogP contribution in [0.15, 0.2) is 35.4 Å². The number of rotatable bonds is 4. The molecule has 1 N–H and O–H groups in total. The smallest absolute Gasteiger partial charge is 0.345 e. The van der Waals surface area contributed by atoms with Crippen molar-refractivity contribution >= 4 is 5.69 Å². The molecule has 0 spiro atoms. The number of aromatic nitrogens is 3. The van der Waals surface area contributed by atoms with Crippen molar-refractivity contribution < 1.29 is 0 Å². The zero-order valence-electron chi connectivity index (χ0n) is 10.1. The molecule has 0 radical (unpaired) electrons. The highest BCUT2D eigenvalue weighted by Crippen LogP contribution is 2.08. The van der Waals surface area contributed by atoms with E-state index in [9.17, 15) is 4.79 Å². The quantitative estimate of drug-likeness (QED) is 0.855. The average Bonchev–Trinajstić information content (AvgIpc) is 2.61. The van der Waals surface area contributed by atoms with E-state index in [-0.39, 0.29) is 5.69 Å². The molecule has 1 aromatic carbocycles. The van der Waals surface area contributed by atoms with Crippen molar-refractivity contribution in [2.45, 2.75) is 13.5 Å². The molecule has 17 heavy (non-hydrogen) atoms. The lowest BCUT2D eigenvalue weighted by molar-refractivity contribution is 0.605. The fourth-order valence-electron chi connectivity index (χ4n) is 1.64. The summed E-state index contributed by atoms with van der Waals surface area (Å²) in [5, 5.41) is 7.25. The molecular formula is C12H16N4O. The maximum atomic E-state index is 11.5. The van der Waals surface area contributed by atoms with Gasteiger partial charge in [0.2, 0.25) is 0 Å². The first-order valence-electron chi connectivity index (χ1n) is 5.56. The number of nitrogens with zero attached hydrogens (tertiary/aromatic N) is 3. The molecule has 1 aromatic heterocycles. The SMILES string of the molecule is Cc1cccc(NCCn2ncn(C)c2=O)c1. The van der Waals surface area contributed by atoms with Gasteiger partial charge in [-0.2, -0.15) is 5.10 Å². The van der Waals surface area contributed by atoms with Crippen molar-refractivity contribution in [3.63, 3.8) is 0 Å². The van der Waals surface area contributed by atoms with E-state index in [1.54, 1.807) is 7.05 Å². The second-order valence-corrected chi connectivity index (χ2v) is 4.04. The molecule has 1 heterocycles. The minimum Gasteiger partial charge on any atom is -0.383 e. The van der Waals surface area contributed by atoms with Gasteiger partial charge in [-0.25, -0.2) is 9.48 Å². The van der Waals surface area contributed by atoms with Gasteiger partial charge in [0.25, 0.3) is 0 Å². The molecule has 0 bridgehead atoms. The van der Waals surface area contributed by atoms with Crippen molar-refractivity contribution in [3.05, 3.63) is 46.6 Å². The molecule has 0 aliphatic rings. The molecule has 0 aliphatic heterocycles. The van der Waals surface area contributed by atoms with Gasteiger partial charge >= 0.3 is 5.69 Å². The van der Waals surface area contributed by atoms with E-state index >= 15 is 0 Å². The van der Waals surface area contributed by atoms with Crippen LogP contribution in [0.4, 0.5) is 5.69 Å². The Bertz CT molecular complexity index is 556.